The van der Waals surface area contributed by atoms with E-state index in [1.54, 1.807) is 0 Å². The monoisotopic (exact) mass is 280 g/mol. The van der Waals surface area contributed by atoms with Crippen molar-refractivity contribution >= 4 is 11.6 Å². The molecular weight excluding hydrogens is 256 g/mol. The third kappa shape index (κ3) is 4.48. The smallest absolute Gasteiger partial charge is 0.0409 e. The molecule has 1 saturated heterocycles. The molecule has 0 bridgehead atoms. The first-order valence-corrected chi connectivity index (χ1v) is 7.77. The minimum absolute atomic E-state index is 0.690. The van der Waals surface area contributed by atoms with Crippen molar-refractivity contribution < 1.29 is 0 Å². The Balaban J connectivity index is 1.84. The van der Waals surface area contributed by atoms with E-state index in [9.17, 15) is 0 Å². The van der Waals surface area contributed by atoms with Crippen molar-refractivity contribution in [3.05, 3.63) is 34.9 Å². The Morgan fingerprint density at radius 3 is 2.95 bits per heavy atom. The van der Waals surface area contributed by atoms with Gasteiger partial charge >= 0.3 is 0 Å². The normalized spacial score (nSPS) is 24.6. The summed E-state index contributed by atoms with van der Waals surface area (Å²) in [6.45, 7) is 9.10. The number of piperidine rings is 1. The molecule has 0 amide bonds. The summed E-state index contributed by atoms with van der Waals surface area (Å²) in [6, 6.07) is 8.91. The Morgan fingerprint density at radius 2 is 2.26 bits per heavy atom. The topological polar surface area (TPSA) is 15.3 Å². The molecule has 2 rings (SSSR count). The van der Waals surface area contributed by atoms with Gasteiger partial charge in [-0.25, -0.2) is 0 Å². The van der Waals surface area contributed by atoms with Crippen molar-refractivity contribution in [3.8, 4) is 0 Å². The highest BCUT2D eigenvalue weighted by atomic mass is 35.5. The fourth-order valence-corrected chi connectivity index (χ4v) is 3.11. The van der Waals surface area contributed by atoms with Crippen LogP contribution < -0.4 is 5.32 Å². The highest BCUT2D eigenvalue weighted by molar-refractivity contribution is 6.30. The Hall–Kier alpha value is -0.570. The molecule has 1 fully saturated rings. The van der Waals surface area contributed by atoms with Crippen LogP contribution in [0.4, 0.5) is 0 Å². The number of benzene rings is 1. The number of hydrogen-bond acceptors (Lipinski definition) is 2. The summed E-state index contributed by atoms with van der Waals surface area (Å²) in [5, 5.41) is 4.50. The van der Waals surface area contributed by atoms with Crippen molar-refractivity contribution in [2.24, 2.45) is 5.92 Å². The maximum atomic E-state index is 6.04. The summed E-state index contributed by atoms with van der Waals surface area (Å²) in [7, 11) is 0. The van der Waals surface area contributed by atoms with Gasteiger partial charge in [0.05, 0.1) is 0 Å². The summed E-state index contributed by atoms with van der Waals surface area (Å²) in [6.07, 6.45) is 2.47. The Bertz CT molecular complexity index is 394. The number of rotatable bonds is 5. The summed E-state index contributed by atoms with van der Waals surface area (Å²) in [5.41, 5.74) is 1.32. The lowest BCUT2D eigenvalue weighted by Crippen LogP contribution is -2.48. The van der Waals surface area contributed by atoms with Gasteiger partial charge in [0.15, 0.2) is 0 Å². The van der Waals surface area contributed by atoms with Gasteiger partial charge < -0.3 is 5.32 Å². The van der Waals surface area contributed by atoms with E-state index in [2.05, 4.69) is 36.2 Å². The van der Waals surface area contributed by atoms with Gasteiger partial charge in [-0.15, -0.1) is 0 Å². The lowest BCUT2D eigenvalue weighted by atomic mass is 9.93. The summed E-state index contributed by atoms with van der Waals surface area (Å²) < 4.78 is 0. The van der Waals surface area contributed by atoms with Gasteiger partial charge in [0.25, 0.3) is 0 Å². The summed E-state index contributed by atoms with van der Waals surface area (Å²) in [4.78, 5) is 2.54. The molecule has 1 aromatic rings. The molecule has 2 nitrogen and oxygen atoms in total. The van der Waals surface area contributed by atoms with E-state index in [0.717, 1.165) is 24.0 Å². The minimum atomic E-state index is 0.690. The molecular formula is C16H25ClN2. The molecule has 0 spiro atoms. The molecule has 1 aromatic carbocycles. The Kier molecular flexibility index (Phi) is 5.68. The third-order valence-electron chi connectivity index (χ3n) is 3.94. The van der Waals surface area contributed by atoms with Crippen LogP contribution in [-0.4, -0.2) is 30.6 Å². The fourth-order valence-electron chi connectivity index (χ4n) is 2.90. The largest absolute Gasteiger partial charge is 0.314 e. The second-order valence-electron chi connectivity index (χ2n) is 5.69. The van der Waals surface area contributed by atoms with Gasteiger partial charge in [-0.05, 0) is 49.5 Å². The zero-order chi connectivity index (χ0) is 13.7. The quantitative estimate of drug-likeness (QED) is 0.887. The average molecular weight is 281 g/mol. The van der Waals surface area contributed by atoms with E-state index >= 15 is 0 Å². The molecule has 1 N–H and O–H groups in total. The molecule has 0 aromatic heterocycles. The molecule has 1 aliphatic heterocycles. The highest BCUT2D eigenvalue weighted by Gasteiger charge is 2.25. The maximum absolute atomic E-state index is 6.04. The number of nitrogens with zero attached hydrogens (tertiary/aromatic N) is 1. The lowest BCUT2D eigenvalue weighted by molar-refractivity contribution is 0.141. The first-order valence-electron chi connectivity index (χ1n) is 7.39. The van der Waals surface area contributed by atoms with Crippen LogP contribution in [0.5, 0.6) is 0 Å². The minimum Gasteiger partial charge on any atom is -0.314 e. The van der Waals surface area contributed by atoms with E-state index in [0.29, 0.717) is 6.04 Å². The zero-order valence-electron chi connectivity index (χ0n) is 12.0. The SMILES string of the molecule is CCCNC1CCN(Cc2cccc(Cl)c2)CC1C. The van der Waals surface area contributed by atoms with E-state index in [4.69, 9.17) is 11.6 Å². The number of nitrogens with one attached hydrogen (secondary N) is 1. The van der Waals surface area contributed by atoms with Crippen LogP contribution in [0.25, 0.3) is 0 Å². The standard InChI is InChI=1S/C16H25ClN2/c1-3-8-18-16-7-9-19(11-13(16)2)12-14-5-4-6-15(17)10-14/h4-6,10,13,16,18H,3,7-9,11-12H2,1-2H3. The van der Waals surface area contributed by atoms with E-state index in [1.807, 2.05) is 12.1 Å². The van der Waals surface area contributed by atoms with Crippen LogP contribution in [0.2, 0.25) is 5.02 Å². The third-order valence-corrected chi connectivity index (χ3v) is 4.18. The van der Waals surface area contributed by atoms with Gasteiger partial charge in [0.1, 0.15) is 0 Å². The Labute approximate surface area is 122 Å². The van der Waals surface area contributed by atoms with Crippen LogP contribution in [0, 0.1) is 5.92 Å². The molecule has 2 atom stereocenters. The van der Waals surface area contributed by atoms with Crippen molar-refractivity contribution in [3.63, 3.8) is 0 Å². The predicted octanol–water partition coefficient (Wildman–Crippen LogP) is 3.55. The zero-order valence-corrected chi connectivity index (χ0v) is 12.8. The first kappa shape index (κ1) is 14.8. The fraction of sp³-hybridized carbons (Fsp3) is 0.625. The van der Waals surface area contributed by atoms with Gasteiger partial charge in [-0.3, -0.25) is 4.90 Å². The molecule has 0 saturated carbocycles. The molecule has 1 heterocycles. The van der Waals surface area contributed by atoms with E-state index in [1.165, 1.54) is 31.5 Å². The average Bonchev–Trinajstić information content (AvgIpc) is 2.38. The molecule has 0 aliphatic carbocycles. The molecule has 3 heteroatoms. The van der Waals surface area contributed by atoms with Crippen LogP contribution in [-0.2, 0) is 6.54 Å². The van der Waals surface area contributed by atoms with Crippen molar-refractivity contribution in [1.82, 2.24) is 10.2 Å². The summed E-state index contributed by atoms with van der Waals surface area (Å²) >= 11 is 6.04. The van der Waals surface area contributed by atoms with E-state index < -0.39 is 0 Å². The summed E-state index contributed by atoms with van der Waals surface area (Å²) in [5.74, 6) is 0.722. The molecule has 19 heavy (non-hydrogen) atoms. The maximum Gasteiger partial charge on any atom is 0.0409 e. The van der Waals surface area contributed by atoms with Gasteiger partial charge in [0.2, 0.25) is 0 Å². The van der Waals surface area contributed by atoms with Crippen LogP contribution in [0.1, 0.15) is 32.3 Å². The number of halogens is 1. The number of likely N-dealkylation sites (tertiary alicyclic amines) is 1. The van der Waals surface area contributed by atoms with Crippen molar-refractivity contribution in [2.75, 3.05) is 19.6 Å². The Morgan fingerprint density at radius 1 is 1.42 bits per heavy atom. The van der Waals surface area contributed by atoms with Gasteiger partial charge in [0, 0.05) is 24.2 Å². The van der Waals surface area contributed by atoms with Crippen LogP contribution >= 0.6 is 11.6 Å². The predicted molar refractivity (Wildman–Crippen MR) is 82.6 cm³/mol. The lowest BCUT2D eigenvalue weighted by Gasteiger charge is -2.37. The van der Waals surface area contributed by atoms with Crippen molar-refractivity contribution in [2.45, 2.75) is 39.3 Å². The van der Waals surface area contributed by atoms with E-state index in [-0.39, 0.29) is 0 Å². The first-order chi connectivity index (χ1) is 9.19. The van der Waals surface area contributed by atoms with Crippen LogP contribution in [0.15, 0.2) is 24.3 Å². The second-order valence-corrected chi connectivity index (χ2v) is 6.13. The van der Waals surface area contributed by atoms with Gasteiger partial charge in [-0.2, -0.15) is 0 Å². The molecule has 0 radical (unpaired) electrons. The molecule has 106 valence electrons. The van der Waals surface area contributed by atoms with Crippen LogP contribution in [0.3, 0.4) is 0 Å². The number of hydrogen-bond donors (Lipinski definition) is 1. The van der Waals surface area contributed by atoms with Crippen molar-refractivity contribution in [1.29, 1.82) is 0 Å². The highest BCUT2D eigenvalue weighted by Crippen LogP contribution is 2.20. The van der Waals surface area contributed by atoms with Gasteiger partial charge in [-0.1, -0.05) is 37.6 Å². The molecule has 1 aliphatic rings. The second kappa shape index (κ2) is 7.28. The molecule has 2 unspecified atom stereocenters.